The molecule has 1 aliphatic carbocycles. The quantitative estimate of drug-likeness (QED) is 0.152. The van der Waals surface area contributed by atoms with Crippen LogP contribution in [0.2, 0.25) is 0 Å². The van der Waals surface area contributed by atoms with Gasteiger partial charge in [0.15, 0.2) is 5.71 Å². The molecular weight excluding hydrogens is 673 g/mol. The molecule has 1 aromatic heterocycles. The van der Waals surface area contributed by atoms with Crippen molar-refractivity contribution in [2.45, 2.75) is 104 Å². The molecule has 4 heterocycles. The fourth-order valence-electron chi connectivity index (χ4n) is 9.60. The van der Waals surface area contributed by atoms with Crippen LogP contribution < -0.4 is 9.80 Å². The molecule has 0 saturated carbocycles. The van der Waals surface area contributed by atoms with Crippen LogP contribution in [0.5, 0.6) is 0 Å². The largest absolute Gasteiger partial charge is 0.372 e. The number of hydrogen-bond donors (Lipinski definition) is 0. The van der Waals surface area contributed by atoms with E-state index in [0.29, 0.717) is 0 Å². The number of nitrogens with zero attached hydrogens (tertiary/aromatic N) is 6. The zero-order valence-electron chi connectivity index (χ0n) is 34.0. The number of fused-ring (bicyclic) bond motifs is 2. The Balaban J connectivity index is 1.22. The highest BCUT2D eigenvalue weighted by atomic mass is 15.4. The second-order valence-corrected chi connectivity index (χ2v) is 16.9. The summed E-state index contributed by atoms with van der Waals surface area (Å²) < 4.78 is 4.61. The summed E-state index contributed by atoms with van der Waals surface area (Å²) in [5.41, 5.74) is 15.1. The van der Waals surface area contributed by atoms with E-state index < -0.39 is 0 Å². The van der Waals surface area contributed by atoms with Gasteiger partial charge < -0.3 is 9.80 Å². The molecule has 4 aromatic rings. The van der Waals surface area contributed by atoms with Gasteiger partial charge in [-0.15, -0.1) is 5.10 Å². The van der Waals surface area contributed by atoms with Crippen molar-refractivity contribution in [3.8, 4) is 11.3 Å². The third-order valence-electron chi connectivity index (χ3n) is 12.5. The molecule has 284 valence electrons. The molecule has 6 nitrogen and oxygen atoms in total. The maximum atomic E-state index is 4.87. The van der Waals surface area contributed by atoms with Gasteiger partial charge in [0.2, 0.25) is 5.69 Å². The first-order valence-electron chi connectivity index (χ1n) is 20.9. The summed E-state index contributed by atoms with van der Waals surface area (Å²) in [7, 11) is 0. The van der Waals surface area contributed by atoms with Gasteiger partial charge in [0.1, 0.15) is 12.2 Å². The van der Waals surface area contributed by atoms with Crippen LogP contribution in [-0.4, -0.2) is 51.5 Å². The maximum Gasteiger partial charge on any atom is 0.209 e. The summed E-state index contributed by atoms with van der Waals surface area (Å²) in [6, 6.07) is 26.8. The minimum atomic E-state index is -0.0900. The molecule has 8 rings (SSSR count). The van der Waals surface area contributed by atoms with Crippen LogP contribution in [0.15, 0.2) is 120 Å². The number of piperidine rings is 1. The molecule has 6 heteroatoms. The van der Waals surface area contributed by atoms with Gasteiger partial charge in [0.25, 0.3) is 0 Å². The SMILES string of the molecule is CCCN1/C(=C/C=C2\CCCC(/C=C/C3=[N+](CCC)c4ccccc4C3(C)C)=C2n2cc(-c3ccc(N4CCCCC4)cc3)nn2)C(C)(C)c2ccccc21. The minimum absolute atomic E-state index is 0.0900. The van der Waals surface area contributed by atoms with E-state index in [9.17, 15) is 0 Å². The Kier molecular flexibility index (Phi) is 10.3. The second kappa shape index (κ2) is 15.3. The topological polar surface area (TPSA) is 40.2 Å². The number of allylic oxidation sites excluding steroid dienone is 8. The third-order valence-corrected chi connectivity index (χ3v) is 12.5. The lowest BCUT2D eigenvalue weighted by molar-refractivity contribution is -0.437. The summed E-state index contributed by atoms with van der Waals surface area (Å²) >= 11 is 0. The standard InChI is InChI=1S/C49H59N6/c1-7-31-53-43-21-12-10-19-40(43)48(3,4)45(53)29-25-37-17-16-18-38(26-30-46-49(5,6)41-20-11-13-22-44(41)54(46)32-8-2)47(37)55-35-42(50-51-55)36-23-27-39(28-24-36)52-33-14-9-15-34-52/h10-13,19-30,35H,7-9,14-18,31-34H2,1-6H3/q+1. The van der Waals surface area contributed by atoms with Gasteiger partial charge >= 0.3 is 0 Å². The zero-order chi connectivity index (χ0) is 38.2. The lowest BCUT2D eigenvalue weighted by Gasteiger charge is -2.28. The van der Waals surface area contributed by atoms with E-state index in [-0.39, 0.29) is 10.8 Å². The van der Waals surface area contributed by atoms with Gasteiger partial charge in [0.05, 0.1) is 17.3 Å². The van der Waals surface area contributed by atoms with Gasteiger partial charge in [-0.3, -0.25) is 0 Å². The maximum absolute atomic E-state index is 4.87. The molecule has 4 aliphatic rings. The highest BCUT2D eigenvalue weighted by Gasteiger charge is 2.44. The smallest absolute Gasteiger partial charge is 0.209 e. The number of hydrogen-bond acceptors (Lipinski definition) is 4. The number of anilines is 2. The molecule has 0 spiro atoms. The van der Waals surface area contributed by atoms with Gasteiger partial charge in [-0.1, -0.05) is 93.6 Å². The Morgan fingerprint density at radius 1 is 0.745 bits per heavy atom. The van der Waals surface area contributed by atoms with Gasteiger partial charge in [-0.2, -0.15) is 4.58 Å². The summed E-state index contributed by atoms with van der Waals surface area (Å²) in [5, 5.41) is 9.67. The summed E-state index contributed by atoms with van der Waals surface area (Å²) in [4.78, 5) is 5.05. The minimum Gasteiger partial charge on any atom is -0.372 e. The predicted molar refractivity (Wildman–Crippen MR) is 231 cm³/mol. The van der Waals surface area contributed by atoms with Crippen LogP contribution in [0.4, 0.5) is 17.1 Å². The predicted octanol–water partition coefficient (Wildman–Crippen LogP) is 11.4. The van der Waals surface area contributed by atoms with E-state index in [2.05, 4.69) is 164 Å². The number of aromatic nitrogens is 3. The Labute approximate surface area is 329 Å². The number of para-hydroxylation sites is 2. The first-order valence-corrected chi connectivity index (χ1v) is 20.9. The summed E-state index contributed by atoms with van der Waals surface area (Å²) in [6.07, 6.45) is 20.9. The lowest BCUT2D eigenvalue weighted by Crippen LogP contribution is -2.29. The molecule has 3 aromatic carbocycles. The second-order valence-electron chi connectivity index (χ2n) is 16.9. The van der Waals surface area contributed by atoms with E-state index in [1.54, 1.807) is 0 Å². The normalized spacial score (nSPS) is 20.7. The van der Waals surface area contributed by atoms with Crippen molar-refractivity contribution < 1.29 is 4.58 Å². The molecule has 1 saturated heterocycles. The molecule has 3 aliphatic heterocycles. The van der Waals surface area contributed by atoms with Crippen molar-refractivity contribution in [2.75, 3.05) is 36.0 Å². The van der Waals surface area contributed by atoms with E-state index >= 15 is 0 Å². The van der Waals surface area contributed by atoms with Crippen LogP contribution in [-0.2, 0) is 10.8 Å². The Hall–Kier alpha value is -4.97. The van der Waals surface area contributed by atoms with E-state index in [4.69, 9.17) is 10.3 Å². The Bertz CT molecular complexity index is 2200. The van der Waals surface area contributed by atoms with Crippen LogP contribution in [0, 0.1) is 0 Å². The van der Waals surface area contributed by atoms with Gasteiger partial charge in [0, 0.05) is 71.8 Å². The molecule has 0 N–H and O–H groups in total. The average Bonchev–Trinajstić information content (AvgIpc) is 3.84. The van der Waals surface area contributed by atoms with Crippen molar-refractivity contribution in [1.82, 2.24) is 15.0 Å². The molecule has 0 atom stereocenters. The highest BCUT2D eigenvalue weighted by molar-refractivity contribution is 6.03. The van der Waals surface area contributed by atoms with Gasteiger partial charge in [-0.25, -0.2) is 4.68 Å². The first kappa shape index (κ1) is 37.0. The zero-order valence-corrected chi connectivity index (χ0v) is 34.0. The molecule has 1 fully saturated rings. The number of rotatable bonds is 10. The van der Waals surface area contributed by atoms with E-state index in [1.807, 2.05) is 0 Å². The third kappa shape index (κ3) is 6.83. The fourth-order valence-corrected chi connectivity index (χ4v) is 9.60. The van der Waals surface area contributed by atoms with E-state index in [1.165, 1.54) is 70.0 Å². The summed E-state index contributed by atoms with van der Waals surface area (Å²) in [6.45, 7) is 18.3. The van der Waals surface area contributed by atoms with Crippen LogP contribution in [0.1, 0.15) is 104 Å². The molecule has 0 bridgehead atoms. The highest BCUT2D eigenvalue weighted by Crippen LogP contribution is 2.48. The Morgan fingerprint density at radius 3 is 2.25 bits per heavy atom. The fraction of sp³-hybridized carbons (Fsp3) is 0.408. The van der Waals surface area contributed by atoms with Crippen LogP contribution >= 0.6 is 0 Å². The average molecular weight is 732 g/mol. The first-order chi connectivity index (χ1) is 26.7. The van der Waals surface area contributed by atoms with E-state index in [0.717, 1.165) is 75.2 Å². The van der Waals surface area contributed by atoms with Crippen LogP contribution in [0.3, 0.4) is 0 Å². The molecule has 55 heavy (non-hydrogen) atoms. The summed E-state index contributed by atoms with van der Waals surface area (Å²) in [5.74, 6) is 0. The van der Waals surface area contributed by atoms with Crippen molar-refractivity contribution in [3.63, 3.8) is 0 Å². The van der Waals surface area contributed by atoms with Gasteiger partial charge in [-0.05, 0) is 99.8 Å². The molecular formula is C49H59N6+. The molecule has 0 radical (unpaired) electrons. The molecule has 0 amide bonds. The van der Waals surface area contributed by atoms with Crippen molar-refractivity contribution in [1.29, 1.82) is 0 Å². The van der Waals surface area contributed by atoms with Crippen molar-refractivity contribution in [3.05, 3.63) is 131 Å². The van der Waals surface area contributed by atoms with Crippen molar-refractivity contribution in [2.24, 2.45) is 0 Å². The van der Waals surface area contributed by atoms with Crippen molar-refractivity contribution >= 4 is 28.5 Å². The monoisotopic (exact) mass is 731 g/mol. The molecule has 0 unspecified atom stereocenters. The Morgan fingerprint density at radius 2 is 1.49 bits per heavy atom. The van der Waals surface area contributed by atoms with Crippen LogP contribution in [0.25, 0.3) is 17.0 Å². The lowest BCUT2D eigenvalue weighted by atomic mass is 9.81. The number of benzene rings is 3.